The Morgan fingerprint density at radius 1 is 0.970 bits per heavy atom. The Labute approximate surface area is 208 Å². The van der Waals surface area contributed by atoms with Crippen molar-refractivity contribution in [1.82, 2.24) is 10.3 Å². The molecular weight excluding hydrogens is 503 g/mol. The van der Waals surface area contributed by atoms with Crippen molar-refractivity contribution in [3.05, 3.63) is 86.4 Å². The first-order chi connectivity index (χ1) is 15.8. The van der Waals surface area contributed by atoms with Gasteiger partial charge >= 0.3 is 6.03 Å². The fourth-order valence-corrected chi connectivity index (χ4v) is 4.64. The van der Waals surface area contributed by atoms with E-state index in [0.717, 1.165) is 10.3 Å². The zero-order chi connectivity index (χ0) is 23.5. The lowest BCUT2D eigenvalue weighted by molar-refractivity contribution is 0.102. The molecular formula is C23H17Cl3N4O2S. The lowest BCUT2D eigenvalue weighted by atomic mass is 10.1. The van der Waals surface area contributed by atoms with Gasteiger partial charge in [-0.3, -0.25) is 10.1 Å². The van der Waals surface area contributed by atoms with Crippen LogP contribution in [0.1, 0.15) is 21.5 Å². The first kappa shape index (κ1) is 23.3. The van der Waals surface area contributed by atoms with Gasteiger partial charge < -0.3 is 10.6 Å². The van der Waals surface area contributed by atoms with Gasteiger partial charge in [-0.15, -0.1) is 0 Å². The molecule has 3 N–H and O–H groups in total. The molecule has 0 aliphatic carbocycles. The van der Waals surface area contributed by atoms with Crippen LogP contribution in [0.4, 0.5) is 15.6 Å². The number of carbonyl (C=O) groups excluding carboxylic acids is 2. The largest absolute Gasteiger partial charge is 0.334 e. The molecule has 4 rings (SSSR count). The van der Waals surface area contributed by atoms with Crippen molar-refractivity contribution in [2.45, 2.75) is 13.5 Å². The second-order valence-electron chi connectivity index (χ2n) is 7.13. The van der Waals surface area contributed by atoms with E-state index in [1.165, 1.54) is 11.3 Å². The van der Waals surface area contributed by atoms with Crippen molar-refractivity contribution >= 4 is 79.1 Å². The van der Waals surface area contributed by atoms with Crippen molar-refractivity contribution in [3.8, 4) is 0 Å². The number of urea groups is 1. The Kier molecular flexibility index (Phi) is 7.05. The number of rotatable bonds is 5. The van der Waals surface area contributed by atoms with Gasteiger partial charge in [-0.1, -0.05) is 58.3 Å². The van der Waals surface area contributed by atoms with Crippen LogP contribution in [0.3, 0.4) is 0 Å². The molecule has 0 unspecified atom stereocenters. The standard InChI is InChI=1S/C23H17Cl3N4O2S/c1-12-3-2-4-17(26)20(12)29-21(31)13-5-8-18-19(10-13)33-23(28-18)30-22(32)27-11-14-9-15(24)6-7-16(14)25/h2-10H,11H2,1H3,(H,29,31)(H2,27,28,30,32). The minimum Gasteiger partial charge on any atom is -0.334 e. The van der Waals surface area contributed by atoms with Crippen molar-refractivity contribution in [3.63, 3.8) is 0 Å². The van der Waals surface area contributed by atoms with Gasteiger partial charge in [0.25, 0.3) is 5.91 Å². The van der Waals surface area contributed by atoms with Crippen molar-refractivity contribution < 1.29 is 9.59 Å². The van der Waals surface area contributed by atoms with Gasteiger partial charge in [-0.05, 0) is 60.5 Å². The summed E-state index contributed by atoms with van der Waals surface area (Å²) in [5.41, 5.74) is 3.27. The van der Waals surface area contributed by atoms with Gasteiger partial charge in [0.2, 0.25) is 0 Å². The highest BCUT2D eigenvalue weighted by Crippen LogP contribution is 2.29. The fraction of sp³-hybridized carbons (Fsp3) is 0.0870. The monoisotopic (exact) mass is 518 g/mol. The summed E-state index contributed by atoms with van der Waals surface area (Å²) < 4.78 is 0.756. The van der Waals surface area contributed by atoms with E-state index in [2.05, 4.69) is 20.9 Å². The predicted molar refractivity (Wildman–Crippen MR) is 136 cm³/mol. The number of anilines is 2. The van der Waals surface area contributed by atoms with E-state index in [1.54, 1.807) is 42.5 Å². The maximum atomic E-state index is 12.7. The Morgan fingerprint density at radius 2 is 1.79 bits per heavy atom. The Morgan fingerprint density at radius 3 is 2.58 bits per heavy atom. The average molecular weight is 520 g/mol. The molecule has 33 heavy (non-hydrogen) atoms. The molecule has 6 nitrogen and oxygen atoms in total. The number of para-hydroxylation sites is 1. The molecule has 4 aromatic rings. The van der Waals surface area contributed by atoms with Crippen molar-refractivity contribution in [2.24, 2.45) is 0 Å². The molecule has 1 aromatic heterocycles. The SMILES string of the molecule is Cc1cccc(Cl)c1NC(=O)c1ccc2nc(NC(=O)NCc3cc(Cl)ccc3Cl)sc2c1. The van der Waals surface area contributed by atoms with Gasteiger partial charge in [-0.25, -0.2) is 9.78 Å². The summed E-state index contributed by atoms with van der Waals surface area (Å²) in [6.45, 7) is 2.08. The number of aryl methyl sites for hydroxylation is 1. The van der Waals surface area contributed by atoms with Crippen LogP contribution in [0.25, 0.3) is 10.2 Å². The number of thiazole rings is 1. The molecule has 10 heteroatoms. The summed E-state index contributed by atoms with van der Waals surface area (Å²) >= 11 is 19.6. The third-order valence-corrected chi connectivity index (χ3v) is 6.63. The predicted octanol–water partition coefficient (Wildman–Crippen LogP) is 7.14. The van der Waals surface area contributed by atoms with Crippen LogP contribution in [0.5, 0.6) is 0 Å². The molecule has 0 bridgehead atoms. The number of fused-ring (bicyclic) bond motifs is 1. The van der Waals surface area contributed by atoms with Crippen LogP contribution in [-0.2, 0) is 6.54 Å². The summed E-state index contributed by atoms with van der Waals surface area (Å²) in [7, 11) is 0. The smallest absolute Gasteiger partial charge is 0.321 e. The minimum atomic E-state index is -0.433. The number of halogens is 3. The summed E-state index contributed by atoms with van der Waals surface area (Å²) in [4.78, 5) is 29.4. The molecule has 0 saturated heterocycles. The van der Waals surface area contributed by atoms with Crippen LogP contribution in [-0.4, -0.2) is 16.9 Å². The lowest BCUT2D eigenvalue weighted by Gasteiger charge is -2.10. The molecule has 0 aliphatic rings. The fourth-order valence-electron chi connectivity index (χ4n) is 3.09. The summed E-state index contributed by atoms with van der Waals surface area (Å²) in [5, 5.41) is 10.2. The highest BCUT2D eigenvalue weighted by Gasteiger charge is 2.14. The number of nitrogens with zero attached hydrogens (tertiary/aromatic N) is 1. The van der Waals surface area contributed by atoms with E-state index in [0.29, 0.717) is 42.5 Å². The van der Waals surface area contributed by atoms with Crippen LogP contribution < -0.4 is 16.0 Å². The number of amides is 3. The van der Waals surface area contributed by atoms with Crippen molar-refractivity contribution in [2.75, 3.05) is 10.6 Å². The van der Waals surface area contributed by atoms with E-state index in [4.69, 9.17) is 34.8 Å². The van der Waals surface area contributed by atoms with E-state index in [-0.39, 0.29) is 12.5 Å². The summed E-state index contributed by atoms with van der Waals surface area (Å²) in [6.07, 6.45) is 0. The molecule has 3 amide bonds. The van der Waals surface area contributed by atoms with Gasteiger partial charge in [0.1, 0.15) is 0 Å². The van der Waals surface area contributed by atoms with Gasteiger partial charge in [-0.2, -0.15) is 0 Å². The number of hydrogen-bond acceptors (Lipinski definition) is 4. The molecule has 0 saturated carbocycles. The minimum absolute atomic E-state index is 0.210. The molecule has 168 valence electrons. The number of aromatic nitrogens is 1. The average Bonchev–Trinajstić information content (AvgIpc) is 3.18. The van der Waals surface area contributed by atoms with Gasteiger partial charge in [0.05, 0.1) is 20.9 Å². The molecule has 3 aromatic carbocycles. The zero-order valence-corrected chi connectivity index (χ0v) is 20.3. The first-order valence-electron chi connectivity index (χ1n) is 9.76. The van der Waals surface area contributed by atoms with E-state index >= 15 is 0 Å². The summed E-state index contributed by atoms with van der Waals surface area (Å²) in [5.74, 6) is -0.285. The molecule has 0 spiro atoms. The Bertz CT molecular complexity index is 1350. The number of hydrogen-bond donors (Lipinski definition) is 3. The lowest BCUT2D eigenvalue weighted by Crippen LogP contribution is -2.28. The molecule has 0 radical (unpaired) electrons. The molecule has 0 atom stereocenters. The van der Waals surface area contributed by atoms with E-state index in [9.17, 15) is 9.59 Å². The maximum absolute atomic E-state index is 12.7. The Hall–Kier alpha value is -2.84. The van der Waals surface area contributed by atoms with E-state index < -0.39 is 6.03 Å². The van der Waals surface area contributed by atoms with Crippen LogP contribution in [0.15, 0.2) is 54.6 Å². The molecule has 0 fully saturated rings. The quantitative estimate of drug-likeness (QED) is 0.262. The topological polar surface area (TPSA) is 83.1 Å². The molecule has 1 heterocycles. The second kappa shape index (κ2) is 9.97. The molecule has 0 aliphatic heterocycles. The third-order valence-electron chi connectivity index (χ3n) is 4.78. The van der Waals surface area contributed by atoms with Crippen LogP contribution in [0.2, 0.25) is 15.1 Å². The van der Waals surface area contributed by atoms with E-state index in [1.807, 2.05) is 19.1 Å². The number of carbonyl (C=O) groups is 2. The maximum Gasteiger partial charge on any atom is 0.321 e. The first-order valence-corrected chi connectivity index (χ1v) is 11.7. The normalized spacial score (nSPS) is 10.8. The number of nitrogens with one attached hydrogen (secondary N) is 3. The van der Waals surface area contributed by atoms with Crippen LogP contribution >= 0.6 is 46.1 Å². The highest BCUT2D eigenvalue weighted by molar-refractivity contribution is 7.22. The zero-order valence-electron chi connectivity index (χ0n) is 17.2. The second-order valence-corrected chi connectivity index (χ2v) is 9.41. The van der Waals surface area contributed by atoms with Gasteiger partial charge in [0, 0.05) is 22.2 Å². The highest BCUT2D eigenvalue weighted by atomic mass is 35.5. The number of benzene rings is 3. The van der Waals surface area contributed by atoms with Crippen LogP contribution in [0, 0.1) is 6.92 Å². The van der Waals surface area contributed by atoms with Crippen molar-refractivity contribution in [1.29, 1.82) is 0 Å². The van der Waals surface area contributed by atoms with Gasteiger partial charge in [0.15, 0.2) is 5.13 Å². The summed E-state index contributed by atoms with van der Waals surface area (Å²) in [6, 6.07) is 15.2. The third kappa shape index (κ3) is 5.57. The Balaban J connectivity index is 1.43.